The van der Waals surface area contributed by atoms with Gasteiger partial charge < -0.3 is 0 Å². The van der Waals surface area contributed by atoms with Crippen LogP contribution in [0.2, 0.25) is 0 Å². The van der Waals surface area contributed by atoms with Crippen LogP contribution in [0.1, 0.15) is 37.7 Å². The van der Waals surface area contributed by atoms with Gasteiger partial charge in [0.15, 0.2) is 0 Å². The van der Waals surface area contributed by atoms with E-state index in [2.05, 4.69) is 51.6 Å². The van der Waals surface area contributed by atoms with Crippen LogP contribution in [0.4, 0.5) is 0 Å². The van der Waals surface area contributed by atoms with Gasteiger partial charge in [-0.2, -0.15) is 0 Å². The Kier molecular flexibility index (Phi) is 6.35. The van der Waals surface area contributed by atoms with Gasteiger partial charge in [-0.15, -0.1) is 0 Å². The first-order valence-corrected chi connectivity index (χ1v) is 8.24. The average Bonchev–Trinajstić information content (AvgIpc) is 2.46. The van der Waals surface area contributed by atoms with Crippen molar-refractivity contribution in [3.05, 3.63) is 48.5 Å². The molecule has 0 fully saturated rings. The average molecular weight is 319 g/mol. The summed E-state index contributed by atoms with van der Waals surface area (Å²) in [6, 6.07) is 10.6. The van der Waals surface area contributed by atoms with Gasteiger partial charge in [0.2, 0.25) is 0 Å². The van der Waals surface area contributed by atoms with Gasteiger partial charge in [-0.3, -0.25) is 4.98 Å². The van der Waals surface area contributed by atoms with Crippen molar-refractivity contribution in [3.63, 3.8) is 0 Å². The number of nitrogens with zero attached hydrogens (tertiary/aromatic N) is 1. The highest BCUT2D eigenvalue weighted by Gasteiger charge is 2.01. The SMILES string of the molecule is BrCCCC[CH]CCCc1cccc2cccnc12. The van der Waals surface area contributed by atoms with Crippen LogP contribution in [0, 0.1) is 6.42 Å². The summed E-state index contributed by atoms with van der Waals surface area (Å²) < 4.78 is 0. The molecular weight excluding hydrogens is 298 g/mol. The first-order valence-electron chi connectivity index (χ1n) is 7.12. The van der Waals surface area contributed by atoms with Gasteiger partial charge in [0, 0.05) is 16.9 Å². The number of para-hydroxylation sites is 1. The van der Waals surface area contributed by atoms with E-state index < -0.39 is 0 Å². The lowest BCUT2D eigenvalue weighted by molar-refractivity contribution is 0.720. The minimum Gasteiger partial charge on any atom is -0.256 e. The second-order valence-electron chi connectivity index (χ2n) is 4.86. The van der Waals surface area contributed by atoms with Gasteiger partial charge in [0.1, 0.15) is 0 Å². The number of pyridine rings is 1. The van der Waals surface area contributed by atoms with Crippen molar-refractivity contribution in [2.75, 3.05) is 5.33 Å². The molecule has 0 aliphatic rings. The van der Waals surface area contributed by atoms with E-state index in [0.29, 0.717) is 0 Å². The molecule has 1 aromatic heterocycles. The van der Waals surface area contributed by atoms with E-state index in [4.69, 9.17) is 0 Å². The molecule has 1 nitrogen and oxygen atoms in total. The number of rotatable bonds is 8. The summed E-state index contributed by atoms with van der Waals surface area (Å²) >= 11 is 3.46. The van der Waals surface area contributed by atoms with E-state index in [0.717, 1.165) is 11.8 Å². The lowest BCUT2D eigenvalue weighted by atomic mass is 10.0. The zero-order valence-corrected chi connectivity index (χ0v) is 12.9. The molecule has 2 aromatic rings. The summed E-state index contributed by atoms with van der Waals surface area (Å²) in [7, 11) is 0. The van der Waals surface area contributed by atoms with Gasteiger partial charge in [-0.25, -0.2) is 0 Å². The van der Waals surface area contributed by atoms with Crippen LogP contribution in [0.3, 0.4) is 0 Å². The van der Waals surface area contributed by atoms with Crippen molar-refractivity contribution in [1.29, 1.82) is 0 Å². The second-order valence-corrected chi connectivity index (χ2v) is 5.65. The van der Waals surface area contributed by atoms with Gasteiger partial charge in [-0.1, -0.05) is 53.0 Å². The number of hydrogen-bond acceptors (Lipinski definition) is 1. The summed E-state index contributed by atoms with van der Waals surface area (Å²) in [5, 5.41) is 2.38. The molecule has 19 heavy (non-hydrogen) atoms. The molecule has 0 saturated carbocycles. The monoisotopic (exact) mass is 318 g/mol. The first-order chi connectivity index (χ1) is 9.42. The molecule has 0 saturated heterocycles. The van der Waals surface area contributed by atoms with Gasteiger partial charge in [0.25, 0.3) is 0 Å². The number of aryl methyl sites for hydroxylation is 1. The third kappa shape index (κ3) is 4.61. The van der Waals surface area contributed by atoms with Crippen LogP contribution >= 0.6 is 15.9 Å². The second kappa shape index (κ2) is 8.31. The minimum atomic E-state index is 1.13. The van der Waals surface area contributed by atoms with Gasteiger partial charge >= 0.3 is 0 Å². The fourth-order valence-corrected chi connectivity index (χ4v) is 2.73. The molecule has 1 aromatic carbocycles. The van der Waals surface area contributed by atoms with Crippen LogP contribution < -0.4 is 0 Å². The molecule has 0 bridgehead atoms. The zero-order chi connectivity index (χ0) is 13.3. The largest absolute Gasteiger partial charge is 0.256 e. The molecule has 0 aliphatic heterocycles. The lowest BCUT2D eigenvalue weighted by Crippen LogP contribution is -1.90. The molecule has 0 unspecified atom stereocenters. The van der Waals surface area contributed by atoms with Crippen molar-refractivity contribution >= 4 is 26.8 Å². The normalized spacial score (nSPS) is 11.0. The van der Waals surface area contributed by atoms with E-state index in [1.54, 1.807) is 0 Å². The predicted molar refractivity (Wildman–Crippen MR) is 86.6 cm³/mol. The summed E-state index contributed by atoms with van der Waals surface area (Å²) in [4.78, 5) is 4.51. The molecule has 0 spiro atoms. The molecule has 0 aliphatic carbocycles. The number of aromatic nitrogens is 1. The van der Waals surface area contributed by atoms with Crippen molar-refractivity contribution in [2.45, 2.75) is 38.5 Å². The summed E-state index contributed by atoms with van der Waals surface area (Å²) in [5.74, 6) is 0. The van der Waals surface area contributed by atoms with E-state index in [1.165, 1.54) is 48.6 Å². The van der Waals surface area contributed by atoms with E-state index in [9.17, 15) is 0 Å². The fourth-order valence-electron chi connectivity index (χ4n) is 2.33. The lowest BCUT2D eigenvalue weighted by Gasteiger charge is -2.05. The summed E-state index contributed by atoms with van der Waals surface area (Å²) in [6.07, 6.45) is 11.7. The van der Waals surface area contributed by atoms with E-state index >= 15 is 0 Å². The highest BCUT2D eigenvalue weighted by molar-refractivity contribution is 9.09. The van der Waals surface area contributed by atoms with Gasteiger partial charge in [0.05, 0.1) is 5.52 Å². The molecular formula is C17H21BrN. The van der Waals surface area contributed by atoms with Crippen LogP contribution in [-0.2, 0) is 6.42 Å². The molecule has 1 heterocycles. The third-order valence-corrected chi connectivity index (χ3v) is 3.92. The quantitative estimate of drug-likeness (QED) is 0.473. The Balaban J connectivity index is 1.78. The molecule has 1 radical (unpaired) electrons. The number of fused-ring (bicyclic) bond motifs is 1. The van der Waals surface area contributed by atoms with Crippen molar-refractivity contribution < 1.29 is 0 Å². The molecule has 0 N–H and O–H groups in total. The van der Waals surface area contributed by atoms with Crippen LogP contribution in [0.15, 0.2) is 36.5 Å². The maximum Gasteiger partial charge on any atom is 0.0733 e. The Bertz CT molecular complexity index is 490. The number of benzene rings is 1. The standard InChI is InChI=1S/C17H21BrN/c18-13-6-4-2-1-3-5-9-15-10-7-11-16-12-8-14-19-17(15)16/h1,7-8,10-12,14H,2-6,9,13H2. The Hall–Kier alpha value is -0.890. The fraction of sp³-hybridized carbons (Fsp3) is 0.412. The predicted octanol–water partition coefficient (Wildman–Crippen LogP) is 5.33. The Morgan fingerprint density at radius 2 is 1.84 bits per heavy atom. The van der Waals surface area contributed by atoms with Crippen molar-refractivity contribution in [3.8, 4) is 0 Å². The van der Waals surface area contributed by atoms with Crippen molar-refractivity contribution in [2.24, 2.45) is 0 Å². The molecule has 2 rings (SSSR count). The first kappa shape index (κ1) is 14.5. The van der Waals surface area contributed by atoms with E-state index in [-0.39, 0.29) is 0 Å². The van der Waals surface area contributed by atoms with Crippen LogP contribution in [-0.4, -0.2) is 10.3 Å². The molecule has 101 valence electrons. The number of unbranched alkanes of at least 4 members (excludes halogenated alkanes) is 5. The number of alkyl halides is 1. The van der Waals surface area contributed by atoms with Crippen LogP contribution in [0.5, 0.6) is 0 Å². The minimum absolute atomic E-state index is 1.13. The summed E-state index contributed by atoms with van der Waals surface area (Å²) in [6.45, 7) is 0. The third-order valence-electron chi connectivity index (χ3n) is 3.36. The Morgan fingerprint density at radius 1 is 1.00 bits per heavy atom. The zero-order valence-electron chi connectivity index (χ0n) is 11.3. The number of halogens is 1. The molecule has 2 heteroatoms. The maximum absolute atomic E-state index is 4.51. The summed E-state index contributed by atoms with van der Waals surface area (Å²) in [5.41, 5.74) is 2.55. The Morgan fingerprint density at radius 3 is 2.74 bits per heavy atom. The van der Waals surface area contributed by atoms with Crippen LogP contribution in [0.25, 0.3) is 10.9 Å². The van der Waals surface area contributed by atoms with Crippen molar-refractivity contribution in [1.82, 2.24) is 4.98 Å². The maximum atomic E-state index is 4.51. The molecule has 0 amide bonds. The van der Waals surface area contributed by atoms with E-state index in [1.807, 2.05) is 12.3 Å². The molecule has 0 atom stereocenters. The highest BCUT2D eigenvalue weighted by Crippen LogP contribution is 2.18. The Labute approximate surface area is 124 Å². The highest BCUT2D eigenvalue weighted by atomic mass is 79.9. The van der Waals surface area contributed by atoms with Gasteiger partial charge in [-0.05, 0) is 43.7 Å². The number of hydrogen-bond donors (Lipinski definition) is 0. The smallest absolute Gasteiger partial charge is 0.0733 e. The topological polar surface area (TPSA) is 12.9 Å².